The Kier molecular flexibility index (Phi) is 4.16. The summed E-state index contributed by atoms with van der Waals surface area (Å²) < 4.78 is 20.9. The van der Waals surface area contributed by atoms with E-state index in [1.807, 2.05) is 13.2 Å². The number of ether oxygens (including phenoxy) is 1. The van der Waals surface area contributed by atoms with Crippen molar-refractivity contribution in [2.75, 3.05) is 6.61 Å². The van der Waals surface area contributed by atoms with Gasteiger partial charge in [-0.15, -0.1) is 0 Å². The first kappa shape index (κ1) is 13.5. The lowest BCUT2D eigenvalue weighted by molar-refractivity contribution is 0.320. The van der Waals surface area contributed by atoms with Crippen LogP contribution >= 0.6 is 0 Å². The third kappa shape index (κ3) is 3.54. The second-order valence-electron chi connectivity index (χ2n) is 4.59. The molecule has 0 aliphatic rings. The normalized spacial score (nSPS) is 12.4. The molecule has 2 N–H and O–H groups in total. The molecule has 0 spiro atoms. The van der Waals surface area contributed by atoms with Crippen LogP contribution in [-0.4, -0.2) is 16.4 Å². The van der Waals surface area contributed by atoms with E-state index < -0.39 is 0 Å². The average molecular weight is 263 g/mol. The lowest BCUT2D eigenvalue weighted by Crippen LogP contribution is -2.08. The minimum absolute atomic E-state index is 0.315. The zero-order valence-corrected chi connectivity index (χ0v) is 11.1. The minimum atomic E-state index is -0.325. The summed E-state index contributed by atoms with van der Waals surface area (Å²) in [5, 5.41) is 4.07. The highest BCUT2D eigenvalue weighted by Gasteiger charge is 2.08. The van der Waals surface area contributed by atoms with Gasteiger partial charge < -0.3 is 10.5 Å². The molecule has 5 heteroatoms. The predicted molar refractivity (Wildman–Crippen MR) is 71.4 cm³/mol. The molecule has 4 nitrogen and oxygen atoms in total. The number of nitrogens with zero attached hydrogens (tertiary/aromatic N) is 2. The van der Waals surface area contributed by atoms with Gasteiger partial charge in [-0.3, -0.25) is 4.68 Å². The van der Waals surface area contributed by atoms with Gasteiger partial charge in [0.2, 0.25) is 0 Å². The number of halogens is 1. The summed E-state index contributed by atoms with van der Waals surface area (Å²) in [6, 6.07) is 4.47. The summed E-state index contributed by atoms with van der Waals surface area (Å²) in [6.07, 6.45) is 4.47. The van der Waals surface area contributed by atoms with E-state index in [0.29, 0.717) is 17.9 Å². The van der Waals surface area contributed by atoms with E-state index in [-0.39, 0.29) is 11.9 Å². The fourth-order valence-corrected chi connectivity index (χ4v) is 1.85. The largest absolute Gasteiger partial charge is 0.493 e. The van der Waals surface area contributed by atoms with Crippen LogP contribution in [0.2, 0.25) is 0 Å². The monoisotopic (exact) mass is 263 g/mol. The summed E-state index contributed by atoms with van der Waals surface area (Å²) in [6.45, 7) is 2.24. The molecule has 1 aromatic heterocycles. The summed E-state index contributed by atoms with van der Waals surface area (Å²) in [5.74, 6) is 0.194. The highest BCUT2D eigenvalue weighted by Crippen LogP contribution is 2.20. The van der Waals surface area contributed by atoms with Crippen LogP contribution in [-0.2, 0) is 13.5 Å². The van der Waals surface area contributed by atoms with E-state index in [1.54, 1.807) is 29.9 Å². The Balaban J connectivity index is 1.91. The molecule has 0 saturated carbocycles. The highest BCUT2D eigenvalue weighted by molar-refractivity contribution is 5.30. The van der Waals surface area contributed by atoms with Crippen molar-refractivity contribution >= 4 is 0 Å². The molecule has 0 aliphatic carbocycles. The van der Waals surface area contributed by atoms with Crippen LogP contribution in [0.4, 0.5) is 4.39 Å². The molecule has 0 radical (unpaired) electrons. The van der Waals surface area contributed by atoms with Gasteiger partial charge in [0.05, 0.1) is 12.8 Å². The number of aryl methyl sites for hydroxylation is 1. The maximum atomic E-state index is 13.7. The van der Waals surface area contributed by atoms with Gasteiger partial charge in [0.25, 0.3) is 0 Å². The van der Waals surface area contributed by atoms with Crippen molar-refractivity contribution in [3.63, 3.8) is 0 Å². The van der Waals surface area contributed by atoms with Crippen LogP contribution in [0.3, 0.4) is 0 Å². The molecular formula is C14H18FN3O. The van der Waals surface area contributed by atoms with Crippen molar-refractivity contribution in [3.8, 4) is 5.75 Å². The van der Waals surface area contributed by atoms with Gasteiger partial charge in [0.15, 0.2) is 0 Å². The Hall–Kier alpha value is -1.88. The van der Waals surface area contributed by atoms with Crippen LogP contribution in [0.5, 0.6) is 5.75 Å². The van der Waals surface area contributed by atoms with E-state index in [9.17, 15) is 4.39 Å². The fourth-order valence-electron chi connectivity index (χ4n) is 1.85. The number of rotatable bonds is 5. The zero-order chi connectivity index (χ0) is 13.8. The number of nitrogens with two attached hydrogens (primary N) is 1. The van der Waals surface area contributed by atoms with Crippen molar-refractivity contribution in [2.24, 2.45) is 12.8 Å². The van der Waals surface area contributed by atoms with Crippen LogP contribution < -0.4 is 10.5 Å². The smallest absolute Gasteiger partial charge is 0.131 e. The summed E-state index contributed by atoms with van der Waals surface area (Å²) in [5.41, 5.74) is 7.25. The van der Waals surface area contributed by atoms with Crippen molar-refractivity contribution in [3.05, 3.63) is 47.5 Å². The van der Waals surface area contributed by atoms with Crippen molar-refractivity contribution in [1.29, 1.82) is 0 Å². The Morgan fingerprint density at radius 1 is 1.47 bits per heavy atom. The zero-order valence-electron chi connectivity index (χ0n) is 11.1. The Bertz CT molecular complexity index is 551. The molecule has 1 atom stereocenters. The number of benzene rings is 1. The molecule has 102 valence electrons. The lowest BCUT2D eigenvalue weighted by atomic mass is 10.1. The fraction of sp³-hybridized carbons (Fsp3) is 0.357. The highest BCUT2D eigenvalue weighted by atomic mass is 19.1. The first-order chi connectivity index (χ1) is 9.06. The summed E-state index contributed by atoms with van der Waals surface area (Å²) in [7, 11) is 1.87. The summed E-state index contributed by atoms with van der Waals surface area (Å²) >= 11 is 0. The Morgan fingerprint density at radius 2 is 2.26 bits per heavy atom. The quantitative estimate of drug-likeness (QED) is 0.899. The SMILES string of the molecule is C[C@@H](N)c1ccc(OCCc2cnn(C)c2)cc1F. The van der Waals surface area contributed by atoms with E-state index in [2.05, 4.69) is 5.10 Å². The maximum absolute atomic E-state index is 13.7. The molecule has 2 aromatic rings. The average Bonchev–Trinajstić information content (AvgIpc) is 2.75. The van der Waals surface area contributed by atoms with Crippen molar-refractivity contribution in [2.45, 2.75) is 19.4 Å². The Morgan fingerprint density at radius 3 is 2.84 bits per heavy atom. The Labute approximate surface area is 112 Å². The molecular weight excluding hydrogens is 245 g/mol. The topological polar surface area (TPSA) is 53.1 Å². The second kappa shape index (κ2) is 5.84. The molecule has 0 bridgehead atoms. The van der Waals surface area contributed by atoms with Crippen LogP contribution in [0.15, 0.2) is 30.6 Å². The molecule has 1 heterocycles. The van der Waals surface area contributed by atoms with E-state index in [4.69, 9.17) is 10.5 Å². The summed E-state index contributed by atoms with van der Waals surface area (Å²) in [4.78, 5) is 0. The number of hydrogen-bond acceptors (Lipinski definition) is 3. The lowest BCUT2D eigenvalue weighted by Gasteiger charge is -2.10. The first-order valence-corrected chi connectivity index (χ1v) is 6.21. The van der Waals surface area contributed by atoms with Crippen LogP contribution in [0.25, 0.3) is 0 Å². The molecule has 0 fully saturated rings. The maximum Gasteiger partial charge on any atom is 0.131 e. The molecule has 19 heavy (non-hydrogen) atoms. The van der Waals surface area contributed by atoms with Gasteiger partial charge in [-0.2, -0.15) is 5.10 Å². The van der Waals surface area contributed by atoms with Gasteiger partial charge >= 0.3 is 0 Å². The molecule has 0 unspecified atom stereocenters. The van der Waals surface area contributed by atoms with Crippen molar-refractivity contribution < 1.29 is 9.13 Å². The van der Waals surface area contributed by atoms with Crippen LogP contribution in [0.1, 0.15) is 24.1 Å². The molecule has 1 aromatic carbocycles. The van der Waals surface area contributed by atoms with Crippen LogP contribution in [0, 0.1) is 5.82 Å². The molecule has 0 aliphatic heterocycles. The molecule has 0 amide bonds. The predicted octanol–water partition coefficient (Wildman–Crippen LogP) is 2.20. The van der Waals surface area contributed by atoms with Gasteiger partial charge in [0, 0.05) is 37.3 Å². The van der Waals surface area contributed by atoms with E-state index in [0.717, 1.165) is 12.0 Å². The molecule has 2 rings (SSSR count). The van der Waals surface area contributed by atoms with Crippen molar-refractivity contribution in [1.82, 2.24) is 9.78 Å². The second-order valence-corrected chi connectivity index (χ2v) is 4.59. The third-order valence-corrected chi connectivity index (χ3v) is 2.88. The first-order valence-electron chi connectivity index (χ1n) is 6.21. The molecule has 0 saturated heterocycles. The number of hydrogen-bond donors (Lipinski definition) is 1. The van der Waals surface area contributed by atoms with Gasteiger partial charge in [-0.25, -0.2) is 4.39 Å². The minimum Gasteiger partial charge on any atom is -0.493 e. The number of aromatic nitrogens is 2. The van der Waals surface area contributed by atoms with E-state index in [1.165, 1.54) is 6.07 Å². The van der Waals surface area contributed by atoms with Gasteiger partial charge in [-0.1, -0.05) is 6.07 Å². The van der Waals surface area contributed by atoms with E-state index >= 15 is 0 Å². The van der Waals surface area contributed by atoms with Gasteiger partial charge in [0.1, 0.15) is 11.6 Å². The standard InChI is InChI=1S/C14H18FN3O/c1-10(16)13-4-3-12(7-14(13)15)19-6-5-11-8-17-18(2)9-11/h3-4,7-10H,5-6,16H2,1-2H3/t10-/m1/s1. The van der Waals surface area contributed by atoms with Gasteiger partial charge in [-0.05, 0) is 18.6 Å². The third-order valence-electron chi connectivity index (χ3n) is 2.88.